The molecule has 1 fully saturated rings. The molecule has 6 nitrogen and oxygen atoms in total. The molecule has 3 aromatic carbocycles. The van der Waals surface area contributed by atoms with Gasteiger partial charge in [-0.25, -0.2) is 13.2 Å². The molecule has 0 aliphatic heterocycles. The summed E-state index contributed by atoms with van der Waals surface area (Å²) in [5.74, 6) is -8.37. The van der Waals surface area contributed by atoms with Gasteiger partial charge in [0.2, 0.25) is 5.91 Å². The molecule has 1 aliphatic rings. The zero-order valence-electron chi connectivity index (χ0n) is 24.0. The maximum Gasteiger partial charge on any atom is 0.419 e. The van der Waals surface area contributed by atoms with Gasteiger partial charge >= 0.3 is 6.18 Å². The average molecular weight is 710 g/mol. The van der Waals surface area contributed by atoms with E-state index in [0.717, 1.165) is 24.3 Å². The van der Waals surface area contributed by atoms with Crippen molar-refractivity contribution in [2.75, 3.05) is 17.2 Å². The fraction of sp³-hybridized carbons (Fsp3) is 0.323. The van der Waals surface area contributed by atoms with Crippen molar-refractivity contribution < 1.29 is 45.5 Å². The predicted octanol–water partition coefficient (Wildman–Crippen LogP) is 8.48. The molecule has 0 bridgehead atoms. The van der Waals surface area contributed by atoms with Crippen LogP contribution in [0.1, 0.15) is 53.2 Å². The van der Waals surface area contributed by atoms with E-state index < -0.39 is 86.7 Å². The normalized spacial score (nSPS) is 17.7. The Morgan fingerprint density at radius 2 is 1.63 bits per heavy atom. The molecule has 0 saturated heterocycles. The summed E-state index contributed by atoms with van der Waals surface area (Å²) in [5.41, 5.74) is -2.91. The summed E-state index contributed by atoms with van der Waals surface area (Å²) in [7, 11) is 0. The Morgan fingerprint density at radius 1 is 0.957 bits per heavy atom. The number of rotatable bonds is 11. The molecule has 4 rings (SSSR count). The molecule has 3 aromatic rings. The topological polar surface area (TPSA) is 84.5 Å². The van der Waals surface area contributed by atoms with Gasteiger partial charge in [0.15, 0.2) is 11.6 Å². The monoisotopic (exact) mass is 708 g/mol. The first-order valence-electron chi connectivity index (χ1n) is 13.8. The number of amides is 2. The first kappa shape index (κ1) is 35.5. The Morgan fingerprint density at radius 3 is 2.26 bits per heavy atom. The summed E-state index contributed by atoms with van der Waals surface area (Å²) in [4.78, 5) is 38.7. The Kier molecular flexibility index (Phi) is 10.7. The van der Waals surface area contributed by atoms with Crippen LogP contribution >= 0.6 is 34.8 Å². The molecule has 2 N–H and O–H groups in total. The lowest BCUT2D eigenvalue weighted by molar-refractivity contribution is -0.140. The molecule has 46 heavy (non-hydrogen) atoms. The van der Waals surface area contributed by atoms with E-state index in [1.165, 1.54) is 12.1 Å². The maximum atomic E-state index is 15.3. The second kappa shape index (κ2) is 13.8. The smallest absolute Gasteiger partial charge is 0.371 e. The molecule has 246 valence electrons. The molecule has 0 radical (unpaired) electrons. The first-order chi connectivity index (χ1) is 21.5. The molecular formula is C31H25Cl3F6N2O4. The van der Waals surface area contributed by atoms with Gasteiger partial charge in [0.1, 0.15) is 22.1 Å². The lowest BCUT2D eigenvalue weighted by Gasteiger charge is -2.16. The van der Waals surface area contributed by atoms with Gasteiger partial charge in [0.05, 0.1) is 27.8 Å². The highest BCUT2D eigenvalue weighted by molar-refractivity contribution is 6.53. The largest absolute Gasteiger partial charge is 0.419 e. The standard InChI is InChI=1S/C31H25Cl3F6N2O4/c1-3-24(46-4-2)23(43)13-17-20(35)9-10-22(27(17)37)42-28(44)16-12-15(6-7-19(16)32)41-29(45)26-25(30(26,33)34)14-5-8-21(36)18(11-14)31(38,39)40/h5-12,24-26H,3-4,13H2,1-2H3,(H,41,45)(H,42,44)/t24?,25-,26+/m0/s1. The van der Waals surface area contributed by atoms with E-state index in [-0.39, 0.29) is 28.4 Å². The Bertz CT molecular complexity index is 1680. The maximum absolute atomic E-state index is 15.3. The molecule has 1 aliphatic carbocycles. The minimum atomic E-state index is -4.99. The van der Waals surface area contributed by atoms with Gasteiger partial charge in [-0.3, -0.25) is 14.4 Å². The number of carbonyl (C=O) groups excluding carboxylic acids is 3. The van der Waals surface area contributed by atoms with E-state index in [1.54, 1.807) is 13.8 Å². The highest BCUT2D eigenvalue weighted by Crippen LogP contribution is 2.65. The van der Waals surface area contributed by atoms with Gasteiger partial charge in [-0.05, 0) is 61.4 Å². The fourth-order valence-corrected chi connectivity index (χ4v) is 6.02. The van der Waals surface area contributed by atoms with Crippen LogP contribution in [-0.2, 0) is 26.9 Å². The van der Waals surface area contributed by atoms with E-state index >= 15 is 4.39 Å². The average Bonchev–Trinajstić information content (AvgIpc) is 3.57. The third-order valence-electron chi connectivity index (χ3n) is 7.35. The fourth-order valence-electron chi connectivity index (χ4n) is 4.99. The number of ether oxygens (including phenoxy) is 1. The Hall–Kier alpha value is -3.32. The van der Waals surface area contributed by atoms with Gasteiger partial charge in [-0.15, -0.1) is 23.2 Å². The quantitative estimate of drug-likeness (QED) is 0.155. The van der Waals surface area contributed by atoms with Crippen molar-refractivity contribution in [1.29, 1.82) is 0 Å². The summed E-state index contributed by atoms with van der Waals surface area (Å²) in [6.07, 6.45) is -6.18. The second-order valence-electron chi connectivity index (χ2n) is 10.4. The van der Waals surface area contributed by atoms with Crippen molar-refractivity contribution in [3.05, 3.63) is 93.3 Å². The van der Waals surface area contributed by atoms with E-state index in [9.17, 15) is 36.3 Å². The predicted molar refractivity (Wildman–Crippen MR) is 161 cm³/mol. The number of carbonyl (C=O) groups is 3. The van der Waals surface area contributed by atoms with Gasteiger partial charge in [0.25, 0.3) is 5.91 Å². The summed E-state index contributed by atoms with van der Waals surface area (Å²) in [6.45, 7) is 3.59. The van der Waals surface area contributed by atoms with Gasteiger partial charge in [-0.2, -0.15) is 13.2 Å². The van der Waals surface area contributed by atoms with Crippen LogP contribution in [0, 0.1) is 23.4 Å². The molecule has 0 aromatic heterocycles. The molecule has 3 atom stereocenters. The number of hydrogen-bond donors (Lipinski definition) is 2. The summed E-state index contributed by atoms with van der Waals surface area (Å²) < 4.78 is 86.7. The third-order valence-corrected chi connectivity index (χ3v) is 8.62. The van der Waals surface area contributed by atoms with Crippen molar-refractivity contribution in [3.8, 4) is 0 Å². The lowest BCUT2D eigenvalue weighted by atomic mass is 10.0. The highest BCUT2D eigenvalue weighted by atomic mass is 35.5. The van der Waals surface area contributed by atoms with E-state index in [4.69, 9.17) is 39.5 Å². The number of Topliss-reactive ketones (excluding diaryl/α,β-unsaturated/α-hetero) is 1. The van der Waals surface area contributed by atoms with Crippen LogP contribution in [-0.4, -0.2) is 34.6 Å². The number of anilines is 2. The van der Waals surface area contributed by atoms with Crippen LogP contribution in [0.25, 0.3) is 0 Å². The zero-order valence-corrected chi connectivity index (χ0v) is 26.3. The van der Waals surface area contributed by atoms with Crippen LogP contribution in [0.15, 0.2) is 48.5 Å². The van der Waals surface area contributed by atoms with Crippen molar-refractivity contribution in [2.45, 2.75) is 49.2 Å². The Labute approximate surface area is 274 Å². The molecule has 0 spiro atoms. The van der Waals surface area contributed by atoms with E-state index in [1.807, 2.05) is 0 Å². The lowest BCUT2D eigenvalue weighted by Crippen LogP contribution is -2.26. The molecule has 1 unspecified atom stereocenters. The first-order valence-corrected chi connectivity index (χ1v) is 14.9. The number of nitrogens with one attached hydrogen (secondary N) is 2. The van der Waals surface area contributed by atoms with Gasteiger partial charge in [0, 0.05) is 30.2 Å². The number of alkyl halides is 5. The number of halogens is 9. The van der Waals surface area contributed by atoms with Crippen LogP contribution in [0.3, 0.4) is 0 Å². The van der Waals surface area contributed by atoms with Gasteiger partial charge in [-0.1, -0.05) is 24.6 Å². The minimum absolute atomic E-state index is 0.00295. The zero-order chi connectivity index (χ0) is 34.1. The van der Waals surface area contributed by atoms with Crippen molar-refractivity contribution in [1.82, 2.24) is 0 Å². The molecular weight excluding hydrogens is 685 g/mol. The van der Waals surface area contributed by atoms with Crippen molar-refractivity contribution in [3.63, 3.8) is 0 Å². The SMILES string of the molecule is CCOC(CC)C(=O)Cc1c(F)ccc(NC(=O)c2cc(NC(=O)[C@H]3[C@H](c4ccc(F)c(C(F)(F)F)c4)C3(Cl)Cl)ccc2Cl)c1F. The Balaban J connectivity index is 1.51. The van der Waals surface area contributed by atoms with Crippen molar-refractivity contribution in [2.24, 2.45) is 5.92 Å². The van der Waals surface area contributed by atoms with Crippen LogP contribution < -0.4 is 10.6 Å². The van der Waals surface area contributed by atoms with Crippen molar-refractivity contribution >= 4 is 63.8 Å². The molecule has 2 amide bonds. The highest BCUT2D eigenvalue weighted by Gasteiger charge is 2.67. The molecule has 0 heterocycles. The summed E-state index contributed by atoms with van der Waals surface area (Å²) in [5, 5.41) is 4.62. The van der Waals surface area contributed by atoms with E-state index in [2.05, 4.69) is 10.6 Å². The molecule has 15 heteroatoms. The summed E-state index contributed by atoms with van der Waals surface area (Å²) in [6, 6.07) is 7.72. The van der Waals surface area contributed by atoms with Crippen LogP contribution in [0.4, 0.5) is 37.7 Å². The minimum Gasteiger partial charge on any atom is -0.371 e. The summed E-state index contributed by atoms with van der Waals surface area (Å²) >= 11 is 18.7. The second-order valence-corrected chi connectivity index (χ2v) is 12.2. The van der Waals surface area contributed by atoms with Gasteiger partial charge < -0.3 is 15.4 Å². The van der Waals surface area contributed by atoms with Crippen LogP contribution in [0.2, 0.25) is 5.02 Å². The third kappa shape index (κ3) is 7.46. The number of ketones is 1. The number of hydrogen-bond acceptors (Lipinski definition) is 4. The number of benzene rings is 3. The van der Waals surface area contributed by atoms with E-state index in [0.29, 0.717) is 18.6 Å². The molecule has 1 saturated carbocycles. The van der Waals surface area contributed by atoms with Crippen LogP contribution in [0.5, 0.6) is 0 Å².